The van der Waals surface area contributed by atoms with Crippen molar-refractivity contribution < 1.29 is 8.42 Å². The molecule has 3 nitrogen and oxygen atoms in total. The number of sulfone groups is 1. The van der Waals surface area contributed by atoms with Crippen LogP contribution in [0.4, 0.5) is 0 Å². The molecule has 0 aliphatic carbocycles. The van der Waals surface area contributed by atoms with E-state index < -0.39 is 9.84 Å². The molecule has 15 heavy (non-hydrogen) atoms. The molecule has 0 aromatic rings. The lowest BCUT2D eigenvalue weighted by atomic mass is 9.99. The molecule has 0 saturated heterocycles. The Labute approximate surface area is 94.6 Å². The van der Waals surface area contributed by atoms with Crippen LogP contribution in [0.1, 0.15) is 47.0 Å². The maximum Gasteiger partial charge on any atom is 0.147 e. The van der Waals surface area contributed by atoms with Gasteiger partial charge in [0.15, 0.2) is 0 Å². The first kappa shape index (κ1) is 14.9. The summed E-state index contributed by atoms with van der Waals surface area (Å²) < 4.78 is 22.2. The minimum absolute atomic E-state index is 0.0975. The molecule has 0 aliphatic rings. The standard InChI is InChI=1S/C11H25NO2S/c1-6-10(7-2)12-11(3,4)8-9-15(5,13)14/h10,12H,6-9H2,1-5H3. The Hall–Kier alpha value is -0.0900. The third-order valence-corrected chi connectivity index (χ3v) is 3.62. The third kappa shape index (κ3) is 7.79. The first-order chi connectivity index (χ1) is 6.70. The smallest absolute Gasteiger partial charge is 0.147 e. The maximum absolute atomic E-state index is 11.1. The van der Waals surface area contributed by atoms with Crippen molar-refractivity contribution in [3.8, 4) is 0 Å². The Bertz CT molecular complexity index is 266. The summed E-state index contributed by atoms with van der Waals surface area (Å²) in [7, 11) is -2.85. The molecule has 0 aromatic carbocycles. The van der Waals surface area contributed by atoms with Gasteiger partial charge in [0.2, 0.25) is 0 Å². The van der Waals surface area contributed by atoms with Crippen LogP contribution < -0.4 is 5.32 Å². The lowest BCUT2D eigenvalue weighted by Crippen LogP contribution is -2.46. The lowest BCUT2D eigenvalue weighted by Gasteiger charge is -2.31. The molecule has 0 fully saturated rings. The van der Waals surface area contributed by atoms with Gasteiger partial charge in [-0.2, -0.15) is 0 Å². The van der Waals surface area contributed by atoms with Crippen molar-refractivity contribution in [2.45, 2.75) is 58.5 Å². The second-order valence-electron chi connectivity index (χ2n) is 4.92. The van der Waals surface area contributed by atoms with E-state index >= 15 is 0 Å². The zero-order chi connectivity index (χ0) is 12.1. The molecular weight excluding hydrogens is 210 g/mol. The van der Waals surface area contributed by atoms with Crippen LogP contribution in [-0.4, -0.2) is 32.0 Å². The van der Waals surface area contributed by atoms with Crippen molar-refractivity contribution in [2.24, 2.45) is 0 Å². The third-order valence-electron chi connectivity index (χ3n) is 2.68. The first-order valence-electron chi connectivity index (χ1n) is 5.65. The number of rotatable bonds is 7. The van der Waals surface area contributed by atoms with E-state index in [4.69, 9.17) is 0 Å². The average molecular weight is 235 g/mol. The first-order valence-corrected chi connectivity index (χ1v) is 7.71. The summed E-state index contributed by atoms with van der Waals surface area (Å²) in [4.78, 5) is 0. The summed E-state index contributed by atoms with van der Waals surface area (Å²) in [6, 6.07) is 0.486. The predicted octanol–water partition coefficient (Wildman–Crippen LogP) is 1.98. The van der Waals surface area contributed by atoms with Crippen LogP contribution in [0.25, 0.3) is 0 Å². The van der Waals surface area contributed by atoms with Crippen LogP contribution in [-0.2, 0) is 9.84 Å². The second kappa shape index (κ2) is 5.85. The van der Waals surface area contributed by atoms with Crippen LogP contribution in [0.15, 0.2) is 0 Å². The summed E-state index contributed by atoms with van der Waals surface area (Å²) >= 11 is 0. The summed E-state index contributed by atoms with van der Waals surface area (Å²) in [5.41, 5.74) is -0.0975. The molecule has 0 amide bonds. The SMILES string of the molecule is CCC(CC)NC(C)(C)CCS(C)(=O)=O. The largest absolute Gasteiger partial charge is 0.309 e. The van der Waals surface area contributed by atoms with Crippen LogP contribution in [0.2, 0.25) is 0 Å². The van der Waals surface area contributed by atoms with Crippen molar-refractivity contribution >= 4 is 9.84 Å². The molecule has 92 valence electrons. The Morgan fingerprint density at radius 2 is 1.67 bits per heavy atom. The molecule has 1 N–H and O–H groups in total. The summed E-state index contributed by atoms with van der Waals surface area (Å²) in [6.45, 7) is 8.43. The van der Waals surface area contributed by atoms with Crippen molar-refractivity contribution in [3.05, 3.63) is 0 Å². The molecule has 4 heteroatoms. The van der Waals surface area contributed by atoms with E-state index in [2.05, 4.69) is 33.0 Å². The van der Waals surface area contributed by atoms with Crippen LogP contribution in [0.5, 0.6) is 0 Å². The number of hydrogen-bond acceptors (Lipinski definition) is 3. The maximum atomic E-state index is 11.1. The van der Waals surface area contributed by atoms with Gasteiger partial charge in [0.25, 0.3) is 0 Å². The zero-order valence-electron chi connectivity index (χ0n) is 10.6. The highest BCUT2D eigenvalue weighted by molar-refractivity contribution is 7.90. The van der Waals surface area contributed by atoms with Gasteiger partial charge in [0.05, 0.1) is 5.75 Å². The van der Waals surface area contributed by atoms with E-state index in [9.17, 15) is 8.42 Å². The molecule has 0 aliphatic heterocycles. The Balaban J connectivity index is 4.17. The predicted molar refractivity (Wildman–Crippen MR) is 65.9 cm³/mol. The molecule has 0 bridgehead atoms. The van der Waals surface area contributed by atoms with Crippen molar-refractivity contribution in [1.82, 2.24) is 5.32 Å². The topological polar surface area (TPSA) is 46.2 Å². The highest BCUT2D eigenvalue weighted by atomic mass is 32.2. The monoisotopic (exact) mass is 235 g/mol. The molecule has 0 saturated carbocycles. The fourth-order valence-electron chi connectivity index (χ4n) is 1.56. The second-order valence-corrected chi connectivity index (χ2v) is 7.18. The van der Waals surface area contributed by atoms with Crippen molar-refractivity contribution in [2.75, 3.05) is 12.0 Å². The Morgan fingerprint density at radius 3 is 2.00 bits per heavy atom. The van der Waals surface area contributed by atoms with Crippen LogP contribution >= 0.6 is 0 Å². The molecule has 0 spiro atoms. The fraction of sp³-hybridized carbons (Fsp3) is 1.00. The molecule has 0 rings (SSSR count). The van der Waals surface area contributed by atoms with Gasteiger partial charge in [0, 0.05) is 17.8 Å². The molecule has 0 unspecified atom stereocenters. The van der Waals surface area contributed by atoms with E-state index in [-0.39, 0.29) is 11.3 Å². The molecule has 0 atom stereocenters. The van der Waals surface area contributed by atoms with Crippen LogP contribution in [0.3, 0.4) is 0 Å². The van der Waals surface area contributed by atoms with Gasteiger partial charge >= 0.3 is 0 Å². The lowest BCUT2D eigenvalue weighted by molar-refractivity contribution is 0.313. The number of hydrogen-bond donors (Lipinski definition) is 1. The van der Waals surface area contributed by atoms with E-state index in [0.29, 0.717) is 12.5 Å². The highest BCUT2D eigenvalue weighted by Crippen LogP contribution is 2.13. The average Bonchev–Trinajstić information content (AvgIpc) is 2.10. The van der Waals surface area contributed by atoms with E-state index in [0.717, 1.165) is 12.8 Å². The normalized spacial score (nSPS) is 13.5. The van der Waals surface area contributed by atoms with Gasteiger partial charge < -0.3 is 5.32 Å². The minimum Gasteiger partial charge on any atom is -0.309 e. The molecule has 0 heterocycles. The fourth-order valence-corrected chi connectivity index (χ4v) is 2.44. The Kier molecular flexibility index (Phi) is 5.81. The van der Waals surface area contributed by atoms with Gasteiger partial charge in [-0.3, -0.25) is 0 Å². The molecule has 0 aromatic heterocycles. The van der Waals surface area contributed by atoms with Crippen molar-refractivity contribution in [1.29, 1.82) is 0 Å². The molecular formula is C11H25NO2S. The molecule has 0 radical (unpaired) electrons. The highest BCUT2D eigenvalue weighted by Gasteiger charge is 2.21. The number of nitrogens with one attached hydrogen (secondary N) is 1. The minimum atomic E-state index is -2.85. The van der Waals surface area contributed by atoms with Gasteiger partial charge in [-0.05, 0) is 33.1 Å². The summed E-state index contributed by atoms with van der Waals surface area (Å²) in [5, 5.41) is 3.50. The van der Waals surface area contributed by atoms with Gasteiger partial charge in [-0.25, -0.2) is 8.42 Å². The van der Waals surface area contributed by atoms with E-state index in [1.54, 1.807) is 0 Å². The van der Waals surface area contributed by atoms with E-state index in [1.807, 2.05) is 0 Å². The summed E-state index contributed by atoms with van der Waals surface area (Å²) in [6.07, 6.45) is 4.13. The van der Waals surface area contributed by atoms with Gasteiger partial charge in [-0.1, -0.05) is 13.8 Å². The quantitative estimate of drug-likeness (QED) is 0.734. The van der Waals surface area contributed by atoms with Gasteiger partial charge in [0.1, 0.15) is 9.84 Å². The van der Waals surface area contributed by atoms with E-state index in [1.165, 1.54) is 6.26 Å². The Morgan fingerprint density at radius 1 is 1.20 bits per heavy atom. The van der Waals surface area contributed by atoms with Crippen molar-refractivity contribution in [3.63, 3.8) is 0 Å². The van der Waals surface area contributed by atoms with Crippen LogP contribution in [0, 0.1) is 0 Å². The summed E-state index contributed by atoms with van der Waals surface area (Å²) in [5.74, 6) is 0.257. The van der Waals surface area contributed by atoms with Gasteiger partial charge in [-0.15, -0.1) is 0 Å². The zero-order valence-corrected chi connectivity index (χ0v) is 11.4.